The number of pyridine rings is 1. The monoisotopic (exact) mass is 316 g/mol. The van der Waals surface area contributed by atoms with Crippen molar-refractivity contribution in [2.75, 3.05) is 29.5 Å². The molecule has 3 rings (SSSR count). The lowest BCUT2D eigenvalue weighted by atomic mass is 10.1. The Bertz CT molecular complexity index is 786. The lowest BCUT2D eigenvalue weighted by Crippen LogP contribution is -2.40. The van der Waals surface area contributed by atoms with Gasteiger partial charge in [-0.25, -0.2) is 8.42 Å². The number of nitrogens with zero attached hydrogens (tertiary/aromatic N) is 2. The molecule has 0 saturated carbocycles. The van der Waals surface area contributed by atoms with E-state index in [-0.39, 0.29) is 11.5 Å². The molecule has 0 atom stereocenters. The number of hydrogen-bond acceptors (Lipinski definition) is 4. The van der Waals surface area contributed by atoms with Gasteiger partial charge in [0.1, 0.15) is 0 Å². The van der Waals surface area contributed by atoms with E-state index in [1.165, 1.54) is 5.56 Å². The second-order valence-electron chi connectivity index (χ2n) is 5.79. The fourth-order valence-corrected chi connectivity index (χ4v) is 3.83. The molecule has 0 spiro atoms. The van der Waals surface area contributed by atoms with Crippen LogP contribution in [-0.2, 0) is 9.84 Å². The average molecular weight is 316 g/mol. The zero-order valence-electron chi connectivity index (χ0n) is 12.9. The van der Waals surface area contributed by atoms with Gasteiger partial charge < -0.3 is 4.90 Å². The van der Waals surface area contributed by atoms with E-state index >= 15 is 0 Å². The van der Waals surface area contributed by atoms with Crippen molar-refractivity contribution in [1.29, 1.82) is 0 Å². The Kier molecular flexibility index (Phi) is 3.91. The number of aryl methyl sites for hydroxylation is 2. The number of aromatic nitrogens is 1. The topological polar surface area (TPSA) is 50.3 Å². The highest BCUT2D eigenvalue weighted by Gasteiger charge is 2.21. The number of sulfone groups is 1. The molecule has 116 valence electrons. The Morgan fingerprint density at radius 2 is 1.77 bits per heavy atom. The van der Waals surface area contributed by atoms with E-state index in [2.05, 4.69) is 28.9 Å². The van der Waals surface area contributed by atoms with Crippen molar-refractivity contribution in [3.8, 4) is 11.3 Å². The van der Waals surface area contributed by atoms with Gasteiger partial charge >= 0.3 is 0 Å². The highest BCUT2D eigenvalue weighted by atomic mass is 32.2. The average Bonchev–Trinajstić information content (AvgIpc) is 2.50. The Morgan fingerprint density at radius 3 is 2.45 bits per heavy atom. The molecule has 0 unspecified atom stereocenters. The molecule has 22 heavy (non-hydrogen) atoms. The number of anilines is 1. The standard InChI is InChI=1S/C17H20N2O2S/c1-13-6-7-17(18-14(13)2)15-4-3-5-16(12-15)19-8-10-22(20,21)11-9-19/h3-7,12H,8-11H2,1-2H3. The van der Waals surface area contributed by atoms with Crippen LogP contribution in [0.25, 0.3) is 11.3 Å². The molecule has 0 bridgehead atoms. The number of hydrogen-bond donors (Lipinski definition) is 0. The van der Waals surface area contributed by atoms with Crippen LogP contribution in [0.15, 0.2) is 36.4 Å². The Balaban J connectivity index is 1.88. The van der Waals surface area contributed by atoms with Crippen molar-refractivity contribution in [3.63, 3.8) is 0 Å². The van der Waals surface area contributed by atoms with Gasteiger partial charge in [0.2, 0.25) is 0 Å². The summed E-state index contributed by atoms with van der Waals surface area (Å²) in [5, 5.41) is 0. The maximum atomic E-state index is 11.5. The zero-order valence-corrected chi connectivity index (χ0v) is 13.7. The second-order valence-corrected chi connectivity index (χ2v) is 8.09. The molecule has 1 fully saturated rings. The minimum Gasteiger partial charge on any atom is -0.369 e. The summed E-state index contributed by atoms with van der Waals surface area (Å²) < 4.78 is 23.1. The molecule has 1 saturated heterocycles. The van der Waals surface area contributed by atoms with Crippen molar-refractivity contribution in [2.24, 2.45) is 0 Å². The Hall–Kier alpha value is -1.88. The molecular weight excluding hydrogens is 296 g/mol. The van der Waals surface area contributed by atoms with E-state index in [0.717, 1.165) is 22.6 Å². The quantitative estimate of drug-likeness (QED) is 0.854. The van der Waals surface area contributed by atoms with Crippen LogP contribution in [0.3, 0.4) is 0 Å². The van der Waals surface area contributed by atoms with Gasteiger partial charge in [-0.1, -0.05) is 18.2 Å². The van der Waals surface area contributed by atoms with E-state index in [1.807, 2.05) is 31.2 Å². The van der Waals surface area contributed by atoms with Gasteiger partial charge in [-0.3, -0.25) is 4.98 Å². The molecule has 0 aliphatic carbocycles. The predicted molar refractivity (Wildman–Crippen MR) is 90.0 cm³/mol. The van der Waals surface area contributed by atoms with Crippen LogP contribution in [0, 0.1) is 13.8 Å². The summed E-state index contributed by atoms with van der Waals surface area (Å²) in [4.78, 5) is 6.77. The van der Waals surface area contributed by atoms with Crippen LogP contribution >= 0.6 is 0 Å². The first-order valence-corrected chi connectivity index (χ1v) is 9.27. The molecule has 2 heterocycles. The van der Waals surface area contributed by atoms with E-state index in [1.54, 1.807) is 0 Å². The van der Waals surface area contributed by atoms with Crippen molar-refractivity contribution in [3.05, 3.63) is 47.7 Å². The van der Waals surface area contributed by atoms with E-state index in [0.29, 0.717) is 13.1 Å². The Morgan fingerprint density at radius 1 is 1.05 bits per heavy atom. The fraction of sp³-hybridized carbons (Fsp3) is 0.353. The van der Waals surface area contributed by atoms with Gasteiger partial charge in [0.15, 0.2) is 9.84 Å². The van der Waals surface area contributed by atoms with Gasteiger partial charge in [-0.2, -0.15) is 0 Å². The van der Waals surface area contributed by atoms with Crippen molar-refractivity contribution >= 4 is 15.5 Å². The van der Waals surface area contributed by atoms with Gasteiger partial charge in [-0.05, 0) is 37.6 Å². The summed E-state index contributed by atoms with van der Waals surface area (Å²) in [6, 6.07) is 12.3. The molecule has 0 radical (unpaired) electrons. The van der Waals surface area contributed by atoms with Gasteiger partial charge in [0.25, 0.3) is 0 Å². The largest absolute Gasteiger partial charge is 0.369 e. The smallest absolute Gasteiger partial charge is 0.153 e. The minimum atomic E-state index is -2.85. The van der Waals surface area contributed by atoms with Gasteiger partial charge in [0, 0.05) is 30.0 Å². The van der Waals surface area contributed by atoms with Gasteiger partial charge in [-0.15, -0.1) is 0 Å². The maximum absolute atomic E-state index is 11.5. The first-order valence-electron chi connectivity index (χ1n) is 7.45. The lowest BCUT2D eigenvalue weighted by molar-refractivity contribution is 0.587. The van der Waals surface area contributed by atoms with Crippen molar-refractivity contribution < 1.29 is 8.42 Å². The maximum Gasteiger partial charge on any atom is 0.153 e. The first kappa shape index (κ1) is 15.0. The molecular formula is C17H20N2O2S. The van der Waals surface area contributed by atoms with E-state index < -0.39 is 9.84 Å². The molecule has 2 aromatic rings. The van der Waals surface area contributed by atoms with Crippen molar-refractivity contribution in [2.45, 2.75) is 13.8 Å². The van der Waals surface area contributed by atoms with E-state index in [9.17, 15) is 8.42 Å². The van der Waals surface area contributed by atoms with Crippen LogP contribution < -0.4 is 4.90 Å². The summed E-state index contributed by atoms with van der Waals surface area (Å²) in [6.45, 7) is 5.19. The highest BCUT2D eigenvalue weighted by Crippen LogP contribution is 2.25. The SMILES string of the molecule is Cc1ccc(-c2cccc(N3CCS(=O)(=O)CC3)c2)nc1C. The number of benzene rings is 1. The molecule has 0 N–H and O–H groups in total. The summed E-state index contributed by atoms with van der Waals surface area (Å²) >= 11 is 0. The summed E-state index contributed by atoms with van der Waals surface area (Å²) in [7, 11) is -2.85. The number of rotatable bonds is 2. The third kappa shape index (κ3) is 3.14. The molecule has 5 heteroatoms. The molecule has 1 aliphatic heterocycles. The van der Waals surface area contributed by atoms with Crippen molar-refractivity contribution in [1.82, 2.24) is 4.98 Å². The first-order chi connectivity index (χ1) is 10.4. The summed E-state index contributed by atoms with van der Waals surface area (Å²) in [6.07, 6.45) is 0. The second kappa shape index (κ2) is 5.72. The molecule has 1 aromatic heterocycles. The molecule has 1 aliphatic rings. The van der Waals surface area contributed by atoms with Crippen LogP contribution in [0.1, 0.15) is 11.3 Å². The molecule has 0 amide bonds. The zero-order chi connectivity index (χ0) is 15.7. The van der Waals surface area contributed by atoms with Crippen LogP contribution in [0.5, 0.6) is 0 Å². The van der Waals surface area contributed by atoms with E-state index in [4.69, 9.17) is 0 Å². The fourth-order valence-electron chi connectivity index (χ4n) is 2.62. The third-order valence-electron chi connectivity index (χ3n) is 4.20. The minimum absolute atomic E-state index is 0.235. The molecule has 1 aromatic carbocycles. The predicted octanol–water partition coefficient (Wildman–Crippen LogP) is 2.60. The third-order valence-corrected chi connectivity index (χ3v) is 5.81. The van der Waals surface area contributed by atoms with Crippen LogP contribution in [0.2, 0.25) is 0 Å². The normalized spacial score (nSPS) is 17.5. The highest BCUT2D eigenvalue weighted by molar-refractivity contribution is 7.91. The van der Waals surface area contributed by atoms with Crippen LogP contribution in [0.4, 0.5) is 5.69 Å². The van der Waals surface area contributed by atoms with Crippen LogP contribution in [-0.4, -0.2) is 38.0 Å². The summed E-state index contributed by atoms with van der Waals surface area (Å²) in [5.74, 6) is 0.470. The summed E-state index contributed by atoms with van der Waals surface area (Å²) in [5.41, 5.74) is 5.30. The Labute approximate surface area is 131 Å². The molecule has 4 nitrogen and oxygen atoms in total. The van der Waals surface area contributed by atoms with Gasteiger partial charge in [0.05, 0.1) is 17.2 Å². The lowest BCUT2D eigenvalue weighted by Gasteiger charge is -2.29.